The second kappa shape index (κ2) is 11.4. The van der Waals surface area contributed by atoms with Crippen molar-refractivity contribution in [1.29, 1.82) is 0 Å². The van der Waals surface area contributed by atoms with Crippen LogP contribution in [0.4, 0.5) is 10.1 Å². The van der Waals surface area contributed by atoms with Crippen molar-refractivity contribution in [3.63, 3.8) is 0 Å². The number of amides is 1. The summed E-state index contributed by atoms with van der Waals surface area (Å²) in [5.74, 6) is -0.00511. The molecular formula is C26H28FN3O4S. The number of benzene rings is 2. The highest BCUT2D eigenvalue weighted by atomic mass is 32.2. The van der Waals surface area contributed by atoms with Crippen molar-refractivity contribution in [2.45, 2.75) is 43.8 Å². The number of aromatic nitrogens is 2. The van der Waals surface area contributed by atoms with E-state index in [0.29, 0.717) is 34.1 Å². The number of hydrogen-bond donors (Lipinski definition) is 1. The van der Waals surface area contributed by atoms with Gasteiger partial charge in [0.15, 0.2) is 16.7 Å². The summed E-state index contributed by atoms with van der Waals surface area (Å²) in [6.07, 6.45) is 7.45. The first-order chi connectivity index (χ1) is 17.0. The Hall–Kier alpha value is -3.33. The number of carbonyl (C=O) groups is 1. The van der Waals surface area contributed by atoms with Crippen LogP contribution in [0.2, 0.25) is 0 Å². The number of nitrogens with zero attached hydrogens (tertiary/aromatic N) is 2. The van der Waals surface area contributed by atoms with Gasteiger partial charge in [0.25, 0.3) is 5.56 Å². The highest BCUT2D eigenvalue weighted by Crippen LogP contribution is 2.31. The molecule has 0 atom stereocenters. The zero-order valence-corrected chi connectivity index (χ0v) is 20.6. The first-order valence-electron chi connectivity index (χ1n) is 11.5. The van der Waals surface area contributed by atoms with Crippen LogP contribution in [0.3, 0.4) is 0 Å². The van der Waals surface area contributed by atoms with Crippen LogP contribution in [-0.4, -0.2) is 35.4 Å². The number of methoxy groups -OCH3 is 2. The Kier molecular flexibility index (Phi) is 8.07. The molecule has 1 aliphatic rings. The smallest absolute Gasteiger partial charge is 0.262 e. The molecule has 1 N–H and O–H groups in total. The van der Waals surface area contributed by atoms with Gasteiger partial charge in [-0.15, -0.1) is 0 Å². The third kappa shape index (κ3) is 5.85. The summed E-state index contributed by atoms with van der Waals surface area (Å²) >= 11 is 1.15. The lowest BCUT2D eigenvalue weighted by atomic mass is 9.97. The molecule has 9 heteroatoms. The van der Waals surface area contributed by atoms with Gasteiger partial charge in [0.05, 0.1) is 36.6 Å². The van der Waals surface area contributed by atoms with Gasteiger partial charge in [-0.1, -0.05) is 35.5 Å². The van der Waals surface area contributed by atoms with Crippen LogP contribution < -0.4 is 20.3 Å². The van der Waals surface area contributed by atoms with Gasteiger partial charge >= 0.3 is 0 Å². The minimum atomic E-state index is -0.506. The summed E-state index contributed by atoms with van der Waals surface area (Å²) in [5.41, 5.74) is 1.70. The van der Waals surface area contributed by atoms with E-state index in [0.717, 1.165) is 37.4 Å². The van der Waals surface area contributed by atoms with Crippen molar-refractivity contribution in [3.8, 4) is 11.5 Å². The number of allylic oxidation sites excluding steroid dienone is 2. The molecule has 1 amide bonds. The van der Waals surface area contributed by atoms with Gasteiger partial charge in [0, 0.05) is 12.6 Å². The summed E-state index contributed by atoms with van der Waals surface area (Å²) in [6.45, 7) is 0.458. The van der Waals surface area contributed by atoms with Gasteiger partial charge in [-0.05, 0) is 50.3 Å². The van der Waals surface area contributed by atoms with Crippen LogP contribution in [0.5, 0.6) is 11.5 Å². The maximum absolute atomic E-state index is 13.9. The lowest BCUT2D eigenvalue weighted by Gasteiger charge is -2.17. The molecule has 0 spiro atoms. The largest absolute Gasteiger partial charge is 0.493 e. The van der Waals surface area contributed by atoms with Gasteiger partial charge in [0.2, 0.25) is 5.91 Å². The average molecular weight is 498 g/mol. The van der Waals surface area contributed by atoms with Crippen molar-refractivity contribution in [2.24, 2.45) is 0 Å². The standard InChI is InChI=1S/C26H28FN3O4S/c1-33-22-14-18-21(15-23(22)34-2)29-26(30(25(18)32)13-12-17-8-4-3-5-9-17)35-16-24(31)28-20-11-7-6-10-19(20)27/h6-8,10-11,14-15H,3-5,9,12-13,16H2,1-2H3,(H,28,31). The highest BCUT2D eigenvalue weighted by molar-refractivity contribution is 7.99. The fraction of sp³-hybridized carbons (Fsp3) is 0.346. The lowest BCUT2D eigenvalue weighted by molar-refractivity contribution is -0.113. The minimum Gasteiger partial charge on any atom is -0.493 e. The first kappa shape index (κ1) is 24.8. The second-order valence-electron chi connectivity index (χ2n) is 8.25. The van der Waals surface area contributed by atoms with Crippen molar-refractivity contribution >= 4 is 34.3 Å². The molecule has 0 bridgehead atoms. The van der Waals surface area contributed by atoms with Crippen molar-refractivity contribution in [1.82, 2.24) is 9.55 Å². The van der Waals surface area contributed by atoms with Gasteiger partial charge in [0.1, 0.15) is 5.82 Å². The minimum absolute atomic E-state index is 0.0255. The fourth-order valence-electron chi connectivity index (χ4n) is 4.10. The maximum Gasteiger partial charge on any atom is 0.262 e. The molecule has 0 saturated carbocycles. The molecule has 4 rings (SSSR count). The molecule has 1 aromatic heterocycles. The molecule has 0 saturated heterocycles. The molecule has 0 aliphatic heterocycles. The third-order valence-electron chi connectivity index (χ3n) is 5.95. The number of ether oxygens (including phenoxy) is 2. The number of hydrogen-bond acceptors (Lipinski definition) is 6. The van der Waals surface area contributed by atoms with Crippen molar-refractivity contribution < 1.29 is 18.7 Å². The Morgan fingerprint density at radius 1 is 1.17 bits per heavy atom. The number of rotatable bonds is 9. The average Bonchev–Trinajstić information content (AvgIpc) is 2.88. The Bertz CT molecular complexity index is 1320. The Labute approximate surface area is 207 Å². The Morgan fingerprint density at radius 2 is 1.94 bits per heavy atom. The zero-order valence-electron chi connectivity index (χ0n) is 19.8. The zero-order chi connectivity index (χ0) is 24.8. The van der Waals surface area contributed by atoms with Crippen LogP contribution in [-0.2, 0) is 11.3 Å². The van der Waals surface area contributed by atoms with Gasteiger partial charge in [-0.3, -0.25) is 14.2 Å². The molecular weight excluding hydrogens is 469 g/mol. The molecule has 1 heterocycles. The van der Waals surface area contributed by atoms with Crippen LogP contribution in [0.1, 0.15) is 32.1 Å². The molecule has 1 aliphatic carbocycles. The van der Waals surface area contributed by atoms with E-state index in [4.69, 9.17) is 14.5 Å². The van der Waals surface area contributed by atoms with E-state index < -0.39 is 5.82 Å². The topological polar surface area (TPSA) is 82.5 Å². The summed E-state index contributed by atoms with van der Waals surface area (Å²) in [5, 5.41) is 3.42. The van der Waals surface area contributed by atoms with Crippen molar-refractivity contribution in [2.75, 3.05) is 25.3 Å². The molecule has 2 aromatic carbocycles. The van der Waals surface area contributed by atoms with E-state index >= 15 is 0 Å². The summed E-state index contributed by atoms with van der Waals surface area (Å²) in [7, 11) is 3.04. The normalized spacial score (nSPS) is 13.4. The highest BCUT2D eigenvalue weighted by Gasteiger charge is 2.17. The SMILES string of the molecule is COc1cc2nc(SCC(=O)Nc3ccccc3F)n(CCC3=CCCCC3)c(=O)c2cc1OC. The van der Waals surface area contributed by atoms with E-state index in [1.165, 1.54) is 38.3 Å². The third-order valence-corrected chi connectivity index (χ3v) is 6.92. The second-order valence-corrected chi connectivity index (χ2v) is 9.19. The van der Waals surface area contributed by atoms with Crippen LogP contribution in [0, 0.1) is 5.82 Å². The summed E-state index contributed by atoms with van der Waals surface area (Å²) < 4.78 is 26.3. The van der Waals surface area contributed by atoms with Gasteiger partial charge in [-0.2, -0.15) is 0 Å². The molecule has 0 fully saturated rings. The van der Waals surface area contributed by atoms with Gasteiger partial charge < -0.3 is 14.8 Å². The number of carbonyl (C=O) groups excluding carboxylic acids is 1. The first-order valence-corrected chi connectivity index (χ1v) is 12.5. The number of halogens is 1. The monoisotopic (exact) mass is 497 g/mol. The number of para-hydroxylation sites is 1. The molecule has 35 heavy (non-hydrogen) atoms. The van der Waals surface area contributed by atoms with Crippen LogP contribution >= 0.6 is 11.8 Å². The molecule has 3 aromatic rings. The number of nitrogens with one attached hydrogen (secondary N) is 1. The predicted molar refractivity (Wildman–Crippen MR) is 136 cm³/mol. The molecule has 7 nitrogen and oxygen atoms in total. The summed E-state index contributed by atoms with van der Waals surface area (Å²) in [6, 6.07) is 9.29. The fourth-order valence-corrected chi connectivity index (χ4v) is 4.93. The number of fused-ring (bicyclic) bond motifs is 1. The maximum atomic E-state index is 13.9. The van der Waals surface area contributed by atoms with E-state index in [1.54, 1.807) is 28.8 Å². The quantitative estimate of drug-likeness (QED) is 0.249. The van der Waals surface area contributed by atoms with Gasteiger partial charge in [-0.25, -0.2) is 9.37 Å². The number of anilines is 1. The number of thioether (sulfide) groups is 1. The summed E-state index contributed by atoms with van der Waals surface area (Å²) in [4.78, 5) is 30.7. The Balaban J connectivity index is 1.64. The van der Waals surface area contributed by atoms with Crippen LogP contribution in [0.15, 0.2) is 58.0 Å². The molecule has 0 radical (unpaired) electrons. The Morgan fingerprint density at radius 3 is 2.66 bits per heavy atom. The van der Waals surface area contributed by atoms with Crippen molar-refractivity contribution in [3.05, 3.63) is 64.2 Å². The van der Waals surface area contributed by atoms with E-state index in [-0.39, 0.29) is 22.9 Å². The van der Waals surface area contributed by atoms with E-state index in [2.05, 4.69) is 11.4 Å². The lowest BCUT2D eigenvalue weighted by Crippen LogP contribution is -2.25. The van der Waals surface area contributed by atoms with E-state index in [9.17, 15) is 14.0 Å². The molecule has 0 unspecified atom stereocenters. The van der Waals surface area contributed by atoms with E-state index in [1.807, 2.05) is 0 Å². The van der Waals surface area contributed by atoms with Crippen LogP contribution in [0.25, 0.3) is 10.9 Å². The molecule has 184 valence electrons. The predicted octanol–water partition coefficient (Wildman–Crippen LogP) is 5.17.